The van der Waals surface area contributed by atoms with Crippen LogP contribution in [0.1, 0.15) is 13.8 Å². The van der Waals surface area contributed by atoms with Gasteiger partial charge in [0.15, 0.2) is 0 Å². The van der Waals surface area contributed by atoms with Crippen LogP contribution in [0.2, 0.25) is 0 Å². The molecule has 2 rings (SSSR count). The zero-order valence-electron chi connectivity index (χ0n) is 10.7. The predicted octanol–water partition coefficient (Wildman–Crippen LogP) is 1.62. The van der Waals surface area contributed by atoms with Gasteiger partial charge in [-0.15, -0.1) is 0 Å². The van der Waals surface area contributed by atoms with Gasteiger partial charge in [0, 0.05) is 0 Å². The van der Waals surface area contributed by atoms with E-state index in [0.717, 1.165) is 11.7 Å². The summed E-state index contributed by atoms with van der Waals surface area (Å²) in [6.07, 6.45) is 0. The normalized spacial score (nSPS) is 11.1. The lowest BCUT2D eigenvalue weighted by molar-refractivity contribution is -0.649. The fourth-order valence-electron chi connectivity index (χ4n) is 1.53. The van der Waals surface area contributed by atoms with Gasteiger partial charge in [0.25, 0.3) is 0 Å². The molecule has 1 aromatic carbocycles. The van der Waals surface area contributed by atoms with Crippen molar-refractivity contribution in [2.24, 2.45) is 0 Å². The monoisotopic (exact) mass is 305 g/mol. The van der Waals surface area contributed by atoms with E-state index in [1.165, 1.54) is 17.1 Å². The molecule has 0 fully saturated rings. The molecule has 0 bridgehead atoms. The number of hydrogen-bond donors (Lipinski definition) is 2. The summed E-state index contributed by atoms with van der Waals surface area (Å²) in [5.74, 6) is 0. The van der Waals surface area contributed by atoms with Crippen molar-refractivity contribution in [2.75, 3.05) is 12.3 Å². The molecule has 6 nitrogen and oxygen atoms in total. The van der Waals surface area contributed by atoms with Gasteiger partial charge < -0.3 is 0 Å². The number of rotatable bonds is 3. The maximum absolute atomic E-state index is 9.56. The molecule has 8 heteroatoms. The maximum atomic E-state index is 9.56. The molecular formula is C11H17N2O4S2+. The average Bonchev–Trinajstić information content (AvgIpc) is 2.63. The third kappa shape index (κ3) is 4.75. The Hall–Kier alpha value is -1.22. The summed E-state index contributed by atoms with van der Waals surface area (Å²) < 4.78 is 34.0. The number of hydrogen-bond acceptors (Lipinski definition) is 5. The Morgan fingerprint density at radius 3 is 2.47 bits per heavy atom. The molecule has 106 valence electrons. The molecule has 1 heterocycles. The van der Waals surface area contributed by atoms with E-state index in [9.17, 15) is 8.42 Å². The number of thiazole rings is 1. The van der Waals surface area contributed by atoms with Crippen molar-refractivity contribution >= 4 is 37.1 Å². The number of aromatic nitrogens is 1. The van der Waals surface area contributed by atoms with Crippen LogP contribution in [0.4, 0.5) is 5.13 Å². The summed E-state index contributed by atoms with van der Waals surface area (Å²) in [4.78, 5) is 0. The molecule has 0 aliphatic heterocycles. The van der Waals surface area contributed by atoms with Gasteiger partial charge in [-0.3, -0.25) is 10.3 Å². The van der Waals surface area contributed by atoms with Crippen LogP contribution in [0.25, 0.3) is 10.2 Å². The Balaban J connectivity index is 0.000000224. The molecule has 19 heavy (non-hydrogen) atoms. The number of fused-ring (bicyclic) bond motifs is 1. The highest BCUT2D eigenvalue weighted by Crippen LogP contribution is 2.20. The molecule has 3 N–H and O–H groups in total. The van der Waals surface area contributed by atoms with Crippen molar-refractivity contribution in [1.29, 1.82) is 0 Å². The Bertz CT molecular complexity index is 637. The minimum Gasteiger partial charge on any atom is -0.278 e. The van der Waals surface area contributed by atoms with Crippen LogP contribution in [0.5, 0.6) is 0 Å². The number of nitrogens with zero attached hydrogens (tertiary/aromatic N) is 1. The van der Waals surface area contributed by atoms with E-state index >= 15 is 0 Å². The highest BCUT2D eigenvalue weighted by Gasteiger charge is 2.11. The summed E-state index contributed by atoms with van der Waals surface area (Å²) in [5.41, 5.74) is 7.08. The first kappa shape index (κ1) is 15.8. The van der Waals surface area contributed by atoms with Crippen molar-refractivity contribution < 1.29 is 21.7 Å². The Morgan fingerprint density at radius 1 is 1.37 bits per heavy atom. The molecule has 0 radical (unpaired) electrons. The molecule has 0 aliphatic rings. The third-order valence-electron chi connectivity index (χ3n) is 2.22. The summed E-state index contributed by atoms with van der Waals surface area (Å²) in [5, 5.41) is 0.888. The zero-order chi connectivity index (χ0) is 14.5. The second-order valence-corrected chi connectivity index (χ2v) is 5.64. The van der Waals surface area contributed by atoms with Gasteiger partial charge in [0.05, 0.1) is 17.9 Å². The quantitative estimate of drug-likeness (QED) is 0.664. The van der Waals surface area contributed by atoms with Crippen LogP contribution in [0.3, 0.4) is 0 Å². The molecule has 2 aromatic rings. The lowest BCUT2D eigenvalue weighted by Crippen LogP contribution is -2.33. The van der Waals surface area contributed by atoms with Crippen LogP contribution in [0.15, 0.2) is 24.3 Å². The average molecular weight is 305 g/mol. The smallest absolute Gasteiger partial charge is 0.278 e. The first-order chi connectivity index (χ1) is 8.89. The number of nitrogens with two attached hydrogens (primary N) is 1. The molecule has 0 amide bonds. The number of nitrogen functional groups attached to an aromatic ring is 1. The van der Waals surface area contributed by atoms with E-state index in [1.807, 2.05) is 12.1 Å². The van der Waals surface area contributed by atoms with Crippen LogP contribution < -0.4 is 10.3 Å². The SMILES string of the molecule is CCOS(=O)(=O)O.CC[n+]1c(N)sc2ccccc21. The van der Waals surface area contributed by atoms with E-state index in [2.05, 4.69) is 27.8 Å². The Morgan fingerprint density at radius 2 is 2.00 bits per heavy atom. The van der Waals surface area contributed by atoms with Crippen molar-refractivity contribution in [1.82, 2.24) is 0 Å². The third-order valence-corrected chi connectivity index (χ3v) is 3.75. The first-order valence-corrected chi connectivity index (χ1v) is 7.85. The maximum Gasteiger partial charge on any atom is 0.397 e. The minimum absolute atomic E-state index is 0.0289. The number of para-hydroxylation sites is 1. The van der Waals surface area contributed by atoms with Gasteiger partial charge in [0.2, 0.25) is 0 Å². The van der Waals surface area contributed by atoms with E-state index in [4.69, 9.17) is 10.3 Å². The number of aryl methyl sites for hydroxylation is 1. The summed E-state index contributed by atoms with van der Waals surface area (Å²) in [7, 11) is -4.17. The van der Waals surface area contributed by atoms with Crippen LogP contribution in [0, 0.1) is 0 Å². The molecule has 0 spiro atoms. The van der Waals surface area contributed by atoms with Crippen LogP contribution in [-0.4, -0.2) is 19.6 Å². The van der Waals surface area contributed by atoms with Crippen LogP contribution >= 0.6 is 11.3 Å². The summed E-state index contributed by atoms with van der Waals surface area (Å²) >= 11 is 1.64. The van der Waals surface area contributed by atoms with Gasteiger partial charge in [-0.25, -0.2) is 8.75 Å². The van der Waals surface area contributed by atoms with Gasteiger partial charge in [0.1, 0.15) is 5.52 Å². The molecule has 0 aliphatic carbocycles. The highest BCUT2D eigenvalue weighted by atomic mass is 32.3. The first-order valence-electron chi connectivity index (χ1n) is 5.67. The zero-order valence-corrected chi connectivity index (χ0v) is 12.4. The largest absolute Gasteiger partial charge is 0.397 e. The molecule has 1 aromatic heterocycles. The molecule has 0 atom stereocenters. The fourth-order valence-corrected chi connectivity index (χ4v) is 2.82. The lowest BCUT2D eigenvalue weighted by atomic mass is 10.3. The highest BCUT2D eigenvalue weighted by molar-refractivity contribution is 7.80. The second kappa shape index (κ2) is 6.80. The molecular weight excluding hydrogens is 288 g/mol. The minimum atomic E-state index is -4.17. The number of anilines is 1. The summed E-state index contributed by atoms with van der Waals surface area (Å²) in [6, 6.07) is 8.28. The van der Waals surface area contributed by atoms with E-state index in [0.29, 0.717) is 0 Å². The second-order valence-electron chi connectivity index (χ2n) is 3.49. The van der Waals surface area contributed by atoms with E-state index in [-0.39, 0.29) is 6.61 Å². The van der Waals surface area contributed by atoms with Crippen LogP contribution in [-0.2, 0) is 21.1 Å². The van der Waals surface area contributed by atoms with Crippen molar-refractivity contribution in [3.8, 4) is 0 Å². The standard InChI is InChI=1S/C9H10N2S.C2H6O4S/c1-2-11-7-5-3-4-6-8(7)12-9(11)10;1-2-6-7(3,4)5/h3-6,10H,2H2,1H3;2H2,1H3,(H,3,4,5)/p+1. The lowest BCUT2D eigenvalue weighted by Gasteiger charge is -1.92. The molecule has 0 unspecified atom stereocenters. The Kier molecular flexibility index (Phi) is 5.67. The van der Waals surface area contributed by atoms with Gasteiger partial charge >= 0.3 is 15.5 Å². The topological polar surface area (TPSA) is 93.5 Å². The Labute approximate surface area is 116 Å². The van der Waals surface area contributed by atoms with Crippen molar-refractivity contribution in [3.63, 3.8) is 0 Å². The predicted molar refractivity (Wildman–Crippen MR) is 75.3 cm³/mol. The summed E-state index contributed by atoms with van der Waals surface area (Å²) in [6.45, 7) is 4.48. The van der Waals surface area contributed by atoms with E-state index in [1.54, 1.807) is 11.3 Å². The van der Waals surface area contributed by atoms with Gasteiger partial charge in [-0.1, -0.05) is 12.1 Å². The fraction of sp³-hybridized carbons (Fsp3) is 0.364. The molecule has 0 saturated carbocycles. The van der Waals surface area contributed by atoms with Crippen molar-refractivity contribution in [2.45, 2.75) is 20.4 Å². The number of benzene rings is 1. The molecule has 0 saturated heterocycles. The van der Waals surface area contributed by atoms with Gasteiger partial charge in [-0.2, -0.15) is 8.42 Å². The van der Waals surface area contributed by atoms with E-state index < -0.39 is 10.4 Å². The van der Waals surface area contributed by atoms with Gasteiger partial charge in [-0.05, 0) is 37.3 Å². The van der Waals surface area contributed by atoms with Crippen molar-refractivity contribution in [3.05, 3.63) is 24.3 Å².